The fourth-order valence-corrected chi connectivity index (χ4v) is 3.88. The lowest BCUT2D eigenvalue weighted by Crippen LogP contribution is -2.58. The number of esters is 1. The largest absolute Gasteiger partial charge is 0.459 e. The van der Waals surface area contributed by atoms with E-state index < -0.39 is 23.9 Å². The Morgan fingerprint density at radius 1 is 1.23 bits per heavy atom. The maximum Gasteiger partial charge on any atom is 0.309 e. The van der Waals surface area contributed by atoms with E-state index in [1.807, 2.05) is 32.7 Å². The number of cyclic esters (lactones) is 1. The van der Waals surface area contributed by atoms with Gasteiger partial charge in [0.1, 0.15) is 17.8 Å². The van der Waals surface area contributed by atoms with E-state index in [4.69, 9.17) is 4.74 Å². The third-order valence-corrected chi connectivity index (χ3v) is 5.88. The van der Waals surface area contributed by atoms with Crippen molar-refractivity contribution in [3.05, 3.63) is 0 Å². The molecular weight excluding hydrogens is 334 g/mol. The lowest BCUT2D eigenvalue weighted by molar-refractivity contribution is -0.189. The first-order valence-electron chi connectivity index (χ1n) is 9.99. The molecule has 0 bridgehead atoms. The van der Waals surface area contributed by atoms with Gasteiger partial charge in [0.2, 0.25) is 0 Å². The zero-order chi connectivity index (χ0) is 20.1. The van der Waals surface area contributed by atoms with Gasteiger partial charge in [-0.05, 0) is 52.5 Å². The molecule has 1 saturated heterocycles. The summed E-state index contributed by atoms with van der Waals surface area (Å²) >= 11 is 0. The van der Waals surface area contributed by atoms with Crippen LogP contribution in [0.15, 0.2) is 0 Å². The van der Waals surface area contributed by atoms with Gasteiger partial charge in [-0.3, -0.25) is 4.79 Å². The van der Waals surface area contributed by atoms with Crippen LogP contribution in [0, 0.1) is 11.8 Å². The number of hydrogen-bond donors (Lipinski definition) is 3. The molecule has 3 N–H and O–H groups in total. The molecule has 0 aromatic rings. The molecule has 7 atom stereocenters. The Morgan fingerprint density at radius 3 is 2.42 bits per heavy atom. The Bertz CT molecular complexity index is 442. The number of carbonyl (C=O) groups is 1. The van der Waals surface area contributed by atoms with Crippen molar-refractivity contribution in [1.29, 1.82) is 0 Å². The summed E-state index contributed by atoms with van der Waals surface area (Å²) in [5, 5.41) is 32.0. The molecule has 6 heteroatoms. The molecule has 154 valence electrons. The average Bonchev–Trinajstić information content (AvgIpc) is 2.56. The van der Waals surface area contributed by atoms with Crippen molar-refractivity contribution < 1.29 is 24.9 Å². The Labute approximate surface area is 158 Å². The summed E-state index contributed by atoms with van der Waals surface area (Å²) in [7, 11) is 1.90. The standard InChI is InChI=1S/C20H39NO5/c1-7-17-20(5,25)18(23)15(4)21(6)12-13(2)11-16(22)10-8-9-14(3)19(24)26-17/h13-18,22-23,25H,7-12H2,1-6H3/t13?,14?,15?,16-,17?,18+,20-/m0/s1. The van der Waals surface area contributed by atoms with Crippen LogP contribution >= 0.6 is 0 Å². The van der Waals surface area contributed by atoms with Crippen molar-refractivity contribution in [2.75, 3.05) is 13.6 Å². The van der Waals surface area contributed by atoms with Gasteiger partial charge in [-0.15, -0.1) is 0 Å². The summed E-state index contributed by atoms with van der Waals surface area (Å²) < 4.78 is 5.58. The van der Waals surface area contributed by atoms with E-state index in [0.29, 0.717) is 32.2 Å². The molecule has 4 unspecified atom stereocenters. The topological polar surface area (TPSA) is 90.2 Å². The molecule has 0 spiro atoms. The van der Waals surface area contributed by atoms with E-state index >= 15 is 0 Å². The van der Waals surface area contributed by atoms with Crippen molar-refractivity contribution in [1.82, 2.24) is 4.90 Å². The molecule has 0 aliphatic carbocycles. The van der Waals surface area contributed by atoms with Gasteiger partial charge in [0, 0.05) is 12.6 Å². The third-order valence-electron chi connectivity index (χ3n) is 5.88. The van der Waals surface area contributed by atoms with Crippen LogP contribution in [0.3, 0.4) is 0 Å². The van der Waals surface area contributed by atoms with Gasteiger partial charge in [0.25, 0.3) is 0 Å². The van der Waals surface area contributed by atoms with Gasteiger partial charge in [0.05, 0.1) is 12.0 Å². The molecule has 0 radical (unpaired) electrons. The maximum absolute atomic E-state index is 12.4. The quantitative estimate of drug-likeness (QED) is 0.609. The zero-order valence-electron chi connectivity index (χ0n) is 17.3. The van der Waals surface area contributed by atoms with Gasteiger partial charge in [0.15, 0.2) is 0 Å². The minimum absolute atomic E-state index is 0.261. The fourth-order valence-electron chi connectivity index (χ4n) is 3.88. The SMILES string of the molecule is CCC1OC(=O)C(C)CCC[C@H](O)CC(C)CN(C)C(C)[C@@H](O)[C@@]1(C)O. The molecule has 1 aliphatic rings. The normalized spacial score (nSPS) is 42.6. The van der Waals surface area contributed by atoms with E-state index in [9.17, 15) is 20.1 Å². The number of likely N-dealkylation sites (N-methyl/N-ethyl adjacent to an activating group) is 1. The molecule has 6 nitrogen and oxygen atoms in total. The summed E-state index contributed by atoms with van der Waals surface area (Å²) in [5.74, 6) is -0.396. The van der Waals surface area contributed by atoms with E-state index in [2.05, 4.69) is 6.92 Å². The summed E-state index contributed by atoms with van der Waals surface area (Å²) in [6.07, 6.45) is 0.943. The Balaban J connectivity index is 3.06. The molecule has 0 aromatic heterocycles. The van der Waals surface area contributed by atoms with E-state index in [-0.39, 0.29) is 23.8 Å². The predicted molar refractivity (Wildman–Crippen MR) is 102 cm³/mol. The number of ether oxygens (including phenoxy) is 1. The first-order chi connectivity index (χ1) is 12.0. The van der Waals surface area contributed by atoms with Crippen molar-refractivity contribution in [3.63, 3.8) is 0 Å². The summed E-state index contributed by atoms with van der Waals surface area (Å²) in [5.41, 5.74) is -1.54. The fraction of sp³-hybridized carbons (Fsp3) is 0.950. The first-order valence-corrected chi connectivity index (χ1v) is 9.99. The summed E-state index contributed by atoms with van der Waals surface area (Å²) in [4.78, 5) is 14.4. The van der Waals surface area contributed by atoms with E-state index in [1.165, 1.54) is 0 Å². The molecule has 26 heavy (non-hydrogen) atoms. The van der Waals surface area contributed by atoms with Crippen LogP contribution in [-0.2, 0) is 9.53 Å². The van der Waals surface area contributed by atoms with Crippen LogP contribution in [0.1, 0.15) is 66.7 Å². The highest BCUT2D eigenvalue weighted by molar-refractivity contribution is 5.72. The lowest BCUT2D eigenvalue weighted by Gasteiger charge is -2.41. The number of aliphatic hydroxyl groups is 3. The van der Waals surface area contributed by atoms with E-state index in [0.717, 1.165) is 6.42 Å². The zero-order valence-corrected chi connectivity index (χ0v) is 17.3. The van der Waals surface area contributed by atoms with Gasteiger partial charge in [-0.1, -0.05) is 27.2 Å². The van der Waals surface area contributed by atoms with Crippen LogP contribution in [0.25, 0.3) is 0 Å². The van der Waals surface area contributed by atoms with Crippen molar-refractivity contribution in [2.45, 2.75) is 96.7 Å². The minimum Gasteiger partial charge on any atom is -0.459 e. The van der Waals surface area contributed by atoms with Gasteiger partial charge < -0.3 is 25.0 Å². The second-order valence-corrected chi connectivity index (χ2v) is 8.51. The van der Waals surface area contributed by atoms with Gasteiger partial charge in [-0.25, -0.2) is 0 Å². The van der Waals surface area contributed by atoms with Crippen LogP contribution in [0.5, 0.6) is 0 Å². The van der Waals surface area contributed by atoms with Gasteiger partial charge >= 0.3 is 5.97 Å². The van der Waals surface area contributed by atoms with Crippen molar-refractivity contribution >= 4 is 5.97 Å². The maximum atomic E-state index is 12.4. The summed E-state index contributed by atoms with van der Waals surface area (Å²) in [6, 6.07) is -0.320. The molecule has 1 aliphatic heterocycles. The Hall–Kier alpha value is -0.690. The second-order valence-electron chi connectivity index (χ2n) is 8.51. The molecule has 1 fully saturated rings. The number of aliphatic hydroxyl groups excluding tert-OH is 2. The van der Waals surface area contributed by atoms with Crippen molar-refractivity contribution in [2.24, 2.45) is 11.8 Å². The van der Waals surface area contributed by atoms with Crippen LogP contribution in [-0.4, -0.2) is 69.7 Å². The van der Waals surface area contributed by atoms with E-state index in [1.54, 1.807) is 6.92 Å². The lowest BCUT2D eigenvalue weighted by atomic mass is 9.86. The minimum atomic E-state index is -1.54. The number of hydrogen-bond acceptors (Lipinski definition) is 6. The molecule has 1 rings (SSSR count). The molecular formula is C20H39NO5. The van der Waals surface area contributed by atoms with Gasteiger partial charge in [-0.2, -0.15) is 0 Å². The number of nitrogens with zero attached hydrogens (tertiary/aromatic N) is 1. The Kier molecular flexibility index (Phi) is 9.00. The average molecular weight is 374 g/mol. The van der Waals surface area contributed by atoms with Crippen LogP contribution < -0.4 is 0 Å². The smallest absolute Gasteiger partial charge is 0.309 e. The second kappa shape index (κ2) is 10.0. The monoisotopic (exact) mass is 373 g/mol. The summed E-state index contributed by atoms with van der Waals surface area (Å²) in [6.45, 7) is 9.84. The number of rotatable bonds is 1. The highest BCUT2D eigenvalue weighted by atomic mass is 16.6. The molecule has 0 amide bonds. The molecule has 1 heterocycles. The first kappa shape index (κ1) is 23.3. The van der Waals surface area contributed by atoms with Crippen LogP contribution in [0.4, 0.5) is 0 Å². The molecule has 0 saturated carbocycles. The van der Waals surface area contributed by atoms with Crippen molar-refractivity contribution in [3.8, 4) is 0 Å². The highest BCUT2D eigenvalue weighted by Gasteiger charge is 2.44. The molecule has 0 aromatic carbocycles. The predicted octanol–water partition coefficient (Wildman–Crippen LogP) is 1.95. The highest BCUT2D eigenvalue weighted by Crippen LogP contribution is 2.27. The third kappa shape index (κ3) is 6.19. The Morgan fingerprint density at radius 2 is 1.85 bits per heavy atom. The number of carbonyl (C=O) groups excluding carboxylic acids is 1. The van der Waals surface area contributed by atoms with Crippen LogP contribution in [0.2, 0.25) is 0 Å².